The molecule has 0 spiro atoms. The molecule has 0 rings (SSSR count). The maximum Gasteiger partial charge on any atom is 0.399 e. The Morgan fingerprint density at radius 3 is 2.36 bits per heavy atom. The lowest BCUT2D eigenvalue weighted by Crippen LogP contribution is -2.22. The lowest BCUT2D eigenvalue weighted by atomic mass is 10.4. The molecular formula is C7H14O6S. The summed E-state index contributed by atoms with van der Waals surface area (Å²) < 4.78 is 35.0. The SMILES string of the molecule is CCOS(=O)(=O)OCC(C)OC(C)=O. The molecule has 1 unspecified atom stereocenters. The minimum absolute atomic E-state index is 0.00425. The molecule has 0 radical (unpaired) electrons. The third-order valence-electron chi connectivity index (χ3n) is 1.08. The largest absolute Gasteiger partial charge is 0.460 e. The van der Waals surface area contributed by atoms with Crippen LogP contribution in [0.1, 0.15) is 20.8 Å². The average Bonchev–Trinajstić information content (AvgIpc) is 2.00. The standard InChI is InChI=1S/C7H14O6S/c1-4-11-14(9,10)12-5-6(2)13-7(3)8/h6H,4-5H2,1-3H3. The van der Waals surface area contributed by atoms with Gasteiger partial charge in [-0.2, -0.15) is 8.42 Å². The highest BCUT2D eigenvalue weighted by molar-refractivity contribution is 7.81. The van der Waals surface area contributed by atoms with Crippen molar-refractivity contribution >= 4 is 16.4 Å². The number of esters is 1. The van der Waals surface area contributed by atoms with Gasteiger partial charge in [-0.15, -0.1) is 0 Å². The Hall–Kier alpha value is -0.660. The summed E-state index contributed by atoms with van der Waals surface area (Å²) in [5.41, 5.74) is 0. The fourth-order valence-electron chi connectivity index (χ4n) is 0.675. The molecule has 0 aliphatic heterocycles. The minimum atomic E-state index is -3.95. The van der Waals surface area contributed by atoms with Crippen LogP contribution >= 0.6 is 0 Å². The molecule has 0 aromatic heterocycles. The lowest BCUT2D eigenvalue weighted by molar-refractivity contribution is -0.146. The predicted octanol–water partition coefficient (Wildman–Crippen LogP) is 0.236. The van der Waals surface area contributed by atoms with E-state index in [0.717, 1.165) is 0 Å². The van der Waals surface area contributed by atoms with Gasteiger partial charge in [-0.3, -0.25) is 4.79 Å². The van der Waals surface area contributed by atoms with Crippen molar-refractivity contribution in [3.05, 3.63) is 0 Å². The van der Waals surface area contributed by atoms with E-state index in [0.29, 0.717) is 0 Å². The molecule has 0 saturated heterocycles. The van der Waals surface area contributed by atoms with Crippen LogP contribution in [-0.2, 0) is 28.3 Å². The summed E-state index contributed by atoms with van der Waals surface area (Å²) in [6.07, 6.45) is -0.622. The van der Waals surface area contributed by atoms with Gasteiger partial charge in [-0.1, -0.05) is 0 Å². The summed E-state index contributed by atoms with van der Waals surface area (Å²) in [5.74, 6) is -0.491. The fraction of sp³-hybridized carbons (Fsp3) is 0.857. The Morgan fingerprint density at radius 2 is 1.93 bits per heavy atom. The van der Waals surface area contributed by atoms with Gasteiger partial charge < -0.3 is 4.74 Å². The van der Waals surface area contributed by atoms with Gasteiger partial charge in [-0.25, -0.2) is 8.37 Å². The Balaban J connectivity index is 3.87. The maximum absolute atomic E-state index is 10.8. The molecule has 0 amide bonds. The zero-order valence-corrected chi connectivity index (χ0v) is 9.17. The Bertz CT molecular complexity index is 270. The third-order valence-corrected chi connectivity index (χ3v) is 2.03. The van der Waals surface area contributed by atoms with Crippen molar-refractivity contribution < 1.29 is 26.3 Å². The van der Waals surface area contributed by atoms with Gasteiger partial charge in [0.05, 0.1) is 6.61 Å². The quantitative estimate of drug-likeness (QED) is 0.603. The van der Waals surface area contributed by atoms with Crippen molar-refractivity contribution in [1.82, 2.24) is 0 Å². The van der Waals surface area contributed by atoms with E-state index < -0.39 is 22.5 Å². The van der Waals surface area contributed by atoms with Crippen LogP contribution in [0, 0.1) is 0 Å². The molecule has 1 atom stereocenters. The summed E-state index contributed by atoms with van der Waals surface area (Å²) in [7, 11) is -3.95. The number of ether oxygens (including phenoxy) is 1. The van der Waals surface area contributed by atoms with E-state index in [1.165, 1.54) is 20.8 Å². The van der Waals surface area contributed by atoms with E-state index in [1.807, 2.05) is 0 Å². The van der Waals surface area contributed by atoms with Crippen molar-refractivity contribution in [3.63, 3.8) is 0 Å². The van der Waals surface area contributed by atoms with Crippen LogP contribution in [-0.4, -0.2) is 33.7 Å². The van der Waals surface area contributed by atoms with Gasteiger partial charge in [0.25, 0.3) is 0 Å². The topological polar surface area (TPSA) is 78.9 Å². The Morgan fingerprint density at radius 1 is 1.36 bits per heavy atom. The van der Waals surface area contributed by atoms with Gasteiger partial charge in [0.1, 0.15) is 12.7 Å². The van der Waals surface area contributed by atoms with Crippen molar-refractivity contribution in [2.24, 2.45) is 0 Å². The van der Waals surface area contributed by atoms with Crippen LogP contribution < -0.4 is 0 Å². The van der Waals surface area contributed by atoms with Gasteiger partial charge in [0, 0.05) is 6.92 Å². The molecule has 0 heterocycles. The average molecular weight is 226 g/mol. The Kier molecular flexibility index (Phi) is 5.66. The molecule has 0 saturated carbocycles. The number of hydrogen-bond donors (Lipinski definition) is 0. The highest BCUT2D eigenvalue weighted by Gasteiger charge is 2.14. The van der Waals surface area contributed by atoms with Crippen LogP contribution in [0.15, 0.2) is 0 Å². The van der Waals surface area contributed by atoms with E-state index in [2.05, 4.69) is 13.1 Å². The smallest absolute Gasteiger partial charge is 0.399 e. The molecule has 0 fully saturated rings. The second-order valence-corrected chi connectivity index (χ2v) is 3.81. The molecule has 0 aromatic carbocycles. The number of hydrogen-bond acceptors (Lipinski definition) is 6. The van der Waals surface area contributed by atoms with Crippen LogP contribution in [0.4, 0.5) is 0 Å². The summed E-state index contributed by atoms with van der Waals surface area (Å²) in [4.78, 5) is 10.4. The van der Waals surface area contributed by atoms with E-state index in [9.17, 15) is 13.2 Å². The van der Waals surface area contributed by atoms with Gasteiger partial charge in [0.15, 0.2) is 0 Å². The van der Waals surface area contributed by atoms with Crippen LogP contribution in [0.5, 0.6) is 0 Å². The molecular weight excluding hydrogens is 212 g/mol. The number of carbonyl (C=O) groups excluding carboxylic acids is 1. The second kappa shape index (κ2) is 5.94. The monoisotopic (exact) mass is 226 g/mol. The van der Waals surface area contributed by atoms with Crippen LogP contribution in [0.25, 0.3) is 0 Å². The first-order valence-corrected chi connectivity index (χ1v) is 5.41. The predicted molar refractivity (Wildman–Crippen MR) is 47.7 cm³/mol. The van der Waals surface area contributed by atoms with E-state index in [4.69, 9.17) is 0 Å². The maximum atomic E-state index is 10.8. The summed E-state index contributed by atoms with van der Waals surface area (Å²) >= 11 is 0. The van der Waals surface area contributed by atoms with Gasteiger partial charge >= 0.3 is 16.4 Å². The van der Waals surface area contributed by atoms with Crippen LogP contribution in [0.3, 0.4) is 0 Å². The van der Waals surface area contributed by atoms with E-state index >= 15 is 0 Å². The molecule has 0 aliphatic rings. The Labute approximate surface area is 83.5 Å². The van der Waals surface area contributed by atoms with Crippen molar-refractivity contribution in [2.75, 3.05) is 13.2 Å². The summed E-state index contributed by atoms with van der Waals surface area (Å²) in [6.45, 7) is 4.03. The number of carbonyl (C=O) groups is 1. The summed E-state index contributed by atoms with van der Waals surface area (Å²) in [6, 6.07) is 0. The minimum Gasteiger partial charge on any atom is -0.460 e. The lowest BCUT2D eigenvalue weighted by Gasteiger charge is -2.11. The van der Waals surface area contributed by atoms with Gasteiger partial charge in [-0.05, 0) is 13.8 Å². The molecule has 0 bridgehead atoms. The molecule has 84 valence electrons. The van der Waals surface area contributed by atoms with E-state index in [-0.39, 0.29) is 13.2 Å². The number of rotatable bonds is 6. The van der Waals surface area contributed by atoms with Gasteiger partial charge in [0.2, 0.25) is 0 Å². The van der Waals surface area contributed by atoms with Crippen molar-refractivity contribution in [2.45, 2.75) is 26.9 Å². The van der Waals surface area contributed by atoms with Crippen LogP contribution in [0.2, 0.25) is 0 Å². The van der Waals surface area contributed by atoms with Crippen molar-refractivity contribution in [1.29, 1.82) is 0 Å². The normalized spacial score (nSPS) is 13.6. The third kappa shape index (κ3) is 6.81. The zero-order chi connectivity index (χ0) is 11.2. The molecule has 0 aromatic rings. The second-order valence-electron chi connectivity index (χ2n) is 2.52. The molecule has 0 N–H and O–H groups in total. The first kappa shape index (κ1) is 13.3. The fourth-order valence-corrected chi connectivity index (χ4v) is 1.39. The highest BCUT2D eigenvalue weighted by Crippen LogP contribution is 1.99. The van der Waals surface area contributed by atoms with Crippen molar-refractivity contribution in [3.8, 4) is 0 Å². The first-order valence-electron chi connectivity index (χ1n) is 4.08. The molecule has 0 aliphatic carbocycles. The van der Waals surface area contributed by atoms with E-state index in [1.54, 1.807) is 0 Å². The molecule has 7 heteroatoms. The summed E-state index contributed by atoms with van der Waals surface area (Å²) in [5, 5.41) is 0. The zero-order valence-electron chi connectivity index (χ0n) is 8.35. The highest BCUT2D eigenvalue weighted by atomic mass is 32.3. The first-order chi connectivity index (χ1) is 6.37. The molecule has 14 heavy (non-hydrogen) atoms. The molecule has 6 nitrogen and oxygen atoms in total.